The molecule has 1 aliphatic heterocycles. The molecule has 0 fully saturated rings. The Labute approximate surface area is 199 Å². The van der Waals surface area contributed by atoms with Crippen LogP contribution in [0.4, 0.5) is 0 Å². The maximum Gasteiger partial charge on any atom is 0.310 e. The van der Waals surface area contributed by atoms with Crippen LogP contribution in [0.5, 0.6) is 11.5 Å². The number of phenolic OH excluding ortho intramolecular Hbond substituents is 1. The van der Waals surface area contributed by atoms with Gasteiger partial charge in [-0.2, -0.15) is 0 Å². The second kappa shape index (κ2) is 9.84. The Morgan fingerprint density at radius 1 is 0.824 bits per heavy atom. The van der Waals surface area contributed by atoms with Crippen molar-refractivity contribution in [1.82, 2.24) is 0 Å². The third-order valence-corrected chi connectivity index (χ3v) is 6.31. The molecule has 1 heterocycles. The lowest BCUT2D eigenvalue weighted by molar-refractivity contribution is -0.144. The van der Waals surface area contributed by atoms with Crippen molar-refractivity contribution >= 4 is 5.97 Å². The number of hydrogen-bond donors (Lipinski definition) is 1. The maximum atomic E-state index is 12.3. The number of rotatable bonds is 6. The summed E-state index contributed by atoms with van der Waals surface area (Å²) in [7, 11) is 0. The van der Waals surface area contributed by atoms with Gasteiger partial charge in [0, 0.05) is 17.4 Å². The van der Waals surface area contributed by atoms with Crippen LogP contribution < -0.4 is 4.74 Å². The van der Waals surface area contributed by atoms with E-state index in [0.717, 1.165) is 28.0 Å². The number of carbonyl (C=O) groups excluding carboxylic acids is 1. The van der Waals surface area contributed by atoms with E-state index in [1.807, 2.05) is 66.7 Å². The molecular formula is C30H26O4. The molecule has 34 heavy (non-hydrogen) atoms. The zero-order valence-corrected chi connectivity index (χ0v) is 18.8. The summed E-state index contributed by atoms with van der Waals surface area (Å²) >= 11 is 0. The lowest BCUT2D eigenvalue weighted by Gasteiger charge is -2.34. The van der Waals surface area contributed by atoms with Gasteiger partial charge in [0.1, 0.15) is 18.1 Å². The zero-order chi connectivity index (χ0) is 23.3. The molecule has 0 saturated heterocycles. The average Bonchev–Trinajstić information content (AvgIpc) is 2.88. The highest BCUT2D eigenvalue weighted by Crippen LogP contribution is 2.46. The van der Waals surface area contributed by atoms with E-state index in [1.165, 1.54) is 5.56 Å². The Bertz CT molecular complexity index is 1250. The number of phenols is 1. The summed E-state index contributed by atoms with van der Waals surface area (Å²) in [5, 5.41) is 10.2. The molecule has 4 heteroatoms. The smallest absolute Gasteiger partial charge is 0.310 e. The fraction of sp³-hybridized carbons (Fsp3) is 0.167. The van der Waals surface area contributed by atoms with Gasteiger partial charge in [-0.3, -0.25) is 4.79 Å². The summed E-state index contributed by atoms with van der Waals surface area (Å²) in [6.45, 7) is 0.832. The number of fused-ring (bicyclic) bond motifs is 1. The van der Waals surface area contributed by atoms with E-state index in [0.29, 0.717) is 6.61 Å². The first kappa shape index (κ1) is 21.8. The van der Waals surface area contributed by atoms with Crippen LogP contribution in [0.15, 0.2) is 103 Å². The molecule has 5 rings (SSSR count). The average molecular weight is 451 g/mol. The molecule has 0 bridgehead atoms. The molecule has 0 radical (unpaired) electrons. The van der Waals surface area contributed by atoms with E-state index in [-0.39, 0.29) is 36.6 Å². The highest BCUT2D eigenvalue weighted by atomic mass is 16.5. The van der Waals surface area contributed by atoms with Crippen molar-refractivity contribution in [2.45, 2.75) is 24.9 Å². The monoisotopic (exact) mass is 450 g/mol. The fourth-order valence-corrected chi connectivity index (χ4v) is 4.60. The standard InChI is InChI=1S/C30H26O4/c31-25-15-16-28-26(18-25)30(27(20-33-28)23-9-5-2-6-10-23)24-13-11-21(12-14-24)17-29(32)34-19-22-7-3-1-4-8-22/h1-16,18,27,30-31H,17,19-20H2/t27-,30?/m1/s1. The SMILES string of the molecule is O=C(Cc1ccc(C2c3cc(O)ccc3OC[C@@H]2c2ccccc2)cc1)OCc1ccccc1. The van der Waals surface area contributed by atoms with Crippen LogP contribution in [0, 0.1) is 0 Å². The molecular weight excluding hydrogens is 424 g/mol. The topological polar surface area (TPSA) is 55.8 Å². The number of carbonyl (C=O) groups is 1. The van der Waals surface area contributed by atoms with E-state index >= 15 is 0 Å². The van der Waals surface area contributed by atoms with Crippen molar-refractivity contribution in [2.24, 2.45) is 0 Å². The van der Waals surface area contributed by atoms with E-state index in [2.05, 4.69) is 24.3 Å². The van der Waals surface area contributed by atoms with Gasteiger partial charge in [0.15, 0.2) is 0 Å². The van der Waals surface area contributed by atoms with Gasteiger partial charge in [0.2, 0.25) is 0 Å². The largest absolute Gasteiger partial charge is 0.508 e. The van der Waals surface area contributed by atoms with Crippen molar-refractivity contribution < 1.29 is 19.4 Å². The molecule has 0 aliphatic carbocycles. The van der Waals surface area contributed by atoms with Gasteiger partial charge in [-0.05, 0) is 40.5 Å². The molecule has 4 aromatic carbocycles. The number of ether oxygens (including phenoxy) is 2. The molecule has 0 aromatic heterocycles. The van der Waals surface area contributed by atoms with Crippen molar-refractivity contribution in [3.05, 3.63) is 131 Å². The normalized spacial score (nSPS) is 16.8. The van der Waals surface area contributed by atoms with Gasteiger partial charge >= 0.3 is 5.97 Å². The van der Waals surface area contributed by atoms with Gasteiger partial charge in [-0.15, -0.1) is 0 Å². The van der Waals surface area contributed by atoms with Crippen LogP contribution in [0.1, 0.15) is 39.7 Å². The number of esters is 1. The van der Waals surface area contributed by atoms with Gasteiger partial charge in [0.05, 0.1) is 13.0 Å². The van der Waals surface area contributed by atoms with Crippen LogP contribution in [-0.4, -0.2) is 17.7 Å². The second-order valence-electron chi connectivity index (χ2n) is 8.59. The molecule has 0 spiro atoms. The van der Waals surface area contributed by atoms with E-state index in [1.54, 1.807) is 12.1 Å². The van der Waals surface area contributed by atoms with Gasteiger partial charge in [0.25, 0.3) is 0 Å². The molecule has 0 saturated carbocycles. The Morgan fingerprint density at radius 3 is 2.26 bits per heavy atom. The summed E-state index contributed by atoms with van der Waals surface area (Å²) in [6.07, 6.45) is 0.223. The maximum absolute atomic E-state index is 12.3. The number of benzene rings is 4. The minimum atomic E-state index is -0.250. The molecule has 1 aliphatic rings. The number of aromatic hydroxyl groups is 1. The van der Waals surface area contributed by atoms with Gasteiger partial charge in [-0.25, -0.2) is 0 Å². The Kier molecular flexibility index (Phi) is 6.30. The van der Waals surface area contributed by atoms with Crippen molar-refractivity contribution in [3.63, 3.8) is 0 Å². The summed E-state index contributed by atoms with van der Waals surface area (Å²) in [6, 6.07) is 33.4. The summed E-state index contributed by atoms with van der Waals surface area (Å²) < 4.78 is 11.5. The van der Waals surface area contributed by atoms with Gasteiger partial charge in [-0.1, -0.05) is 84.9 Å². The number of hydrogen-bond acceptors (Lipinski definition) is 4. The minimum Gasteiger partial charge on any atom is -0.508 e. The summed E-state index contributed by atoms with van der Waals surface area (Å²) in [5.41, 5.74) is 5.15. The first-order valence-electron chi connectivity index (χ1n) is 11.5. The predicted octanol–water partition coefficient (Wildman–Crippen LogP) is 5.99. The van der Waals surface area contributed by atoms with E-state index in [9.17, 15) is 9.90 Å². The highest BCUT2D eigenvalue weighted by molar-refractivity contribution is 5.72. The summed E-state index contributed by atoms with van der Waals surface area (Å²) in [4.78, 5) is 12.3. The lowest BCUT2D eigenvalue weighted by atomic mass is 9.75. The predicted molar refractivity (Wildman–Crippen MR) is 131 cm³/mol. The third kappa shape index (κ3) is 4.81. The highest BCUT2D eigenvalue weighted by Gasteiger charge is 2.33. The first-order chi connectivity index (χ1) is 16.7. The van der Waals surface area contributed by atoms with Crippen molar-refractivity contribution in [1.29, 1.82) is 0 Å². The molecule has 1 N–H and O–H groups in total. The van der Waals surface area contributed by atoms with Crippen LogP contribution >= 0.6 is 0 Å². The molecule has 170 valence electrons. The Hall–Kier alpha value is -4.05. The molecule has 0 amide bonds. The molecule has 4 aromatic rings. The second-order valence-corrected chi connectivity index (χ2v) is 8.59. The van der Waals surface area contributed by atoms with Crippen LogP contribution in [0.2, 0.25) is 0 Å². The zero-order valence-electron chi connectivity index (χ0n) is 18.8. The minimum absolute atomic E-state index is 0.0253. The van der Waals surface area contributed by atoms with Crippen LogP contribution in [0.25, 0.3) is 0 Å². The van der Waals surface area contributed by atoms with E-state index in [4.69, 9.17) is 9.47 Å². The summed E-state index contributed by atoms with van der Waals surface area (Å²) in [5.74, 6) is 0.900. The van der Waals surface area contributed by atoms with Crippen molar-refractivity contribution in [3.8, 4) is 11.5 Å². The molecule has 4 nitrogen and oxygen atoms in total. The molecule has 1 unspecified atom stereocenters. The first-order valence-corrected chi connectivity index (χ1v) is 11.5. The quantitative estimate of drug-likeness (QED) is 0.367. The van der Waals surface area contributed by atoms with Crippen LogP contribution in [-0.2, 0) is 22.6 Å². The Balaban J connectivity index is 1.37. The van der Waals surface area contributed by atoms with Crippen LogP contribution in [0.3, 0.4) is 0 Å². The molecule has 2 atom stereocenters. The lowest BCUT2D eigenvalue weighted by Crippen LogP contribution is -2.25. The Morgan fingerprint density at radius 2 is 1.53 bits per heavy atom. The fourth-order valence-electron chi connectivity index (χ4n) is 4.60. The van der Waals surface area contributed by atoms with Crippen molar-refractivity contribution in [2.75, 3.05) is 6.61 Å². The van der Waals surface area contributed by atoms with E-state index < -0.39 is 0 Å². The third-order valence-electron chi connectivity index (χ3n) is 6.31. The van der Waals surface area contributed by atoms with Gasteiger partial charge < -0.3 is 14.6 Å².